The quantitative estimate of drug-likeness (QED) is 0.767. The average molecular weight is 320 g/mol. The summed E-state index contributed by atoms with van der Waals surface area (Å²) in [6.07, 6.45) is 8.58. The molecule has 3 aromatic heterocycles. The van der Waals surface area contributed by atoms with Crippen molar-refractivity contribution in [2.24, 2.45) is 5.92 Å². The number of nitriles is 1. The lowest BCUT2D eigenvalue weighted by atomic mass is 9.95. The SMILES string of the molecule is [CH2]C1CC(C(CC#N)n2cc(-c3ncnc4[nH]ccc34)cn2)CN1. The molecule has 4 rings (SSSR count). The number of nitrogens with one attached hydrogen (secondary N) is 2. The van der Waals surface area contributed by atoms with Crippen LogP contribution in [0.3, 0.4) is 0 Å². The Morgan fingerprint density at radius 2 is 2.38 bits per heavy atom. The molecule has 0 spiro atoms. The number of nitrogens with zero attached hydrogens (tertiary/aromatic N) is 5. The summed E-state index contributed by atoms with van der Waals surface area (Å²) < 4.78 is 1.91. The third-order valence-electron chi connectivity index (χ3n) is 4.67. The lowest BCUT2D eigenvalue weighted by Gasteiger charge is -2.20. The molecule has 1 aliphatic heterocycles. The molecule has 3 unspecified atom stereocenters. The van der Waals surface area contributed by atoms with E-state index in [9.17, 15) is 5.26 Å². The van der Waals surface area contributed by atoms with Gasteiger partial charge in [-0.3, -0.25) is 4.68 Å². The molecule has 0 aliphatic carbocycles. The minimum atomic E-state index is 0.0477. The first-order valence-electron chi connectivity index (χ1n) is 8.02. The fourth-order valence-corrected chi connectivity index (χ4v) is 3.46. The van der Waals surface area contributed by atoms with Crippen molar-refractivity contribution in [1.82, 2.24) is 30.0 Å². The molecule has 0 bridgehead atoms. The number of rotatable bonds is 4. The van der Waals surface area contributed by atoms with Crippen LogP contribution in [0, 0.1) is 24.2 Å². The molecule has 0 amide bonds. The third-order valence-corrected chi connectivity index (χ3v) is 4.67. The van der Waals surface area contributed by atoms with Gasteiger partial charge in [-0.2, -0.15) is 10.4 Å². The van der Waals surface area contributed by atoms with E-state index in [-0.39, 0.29) is 12.1 Å². The number of hydrogen-bond donors (Lipinski definition) is 2. The lowest BCUT2D eigenvalue weighted by Crippen LogP contribution is -2.22. The molecular formula is C17H18N7. The molecule has 1 aliphatic rings. The first-order chi connectivity index (χ1) is 11.8. The highest BCUT2D eigenvalue weighted by Crippen LogP contribution is 2.31. The summed E-state index contributed by atoms with van der Waals surface area (Å²) in [5, 5.41) is 18.0. The zero-order chi connectivity index (χ0) is 16.5. The fraction of sp³-hybridized carbons (Fsp3) is 0.353. The van der Waals surface area contributed by atoms with Gasteiger partial charge in [0.1, 0.15) is 12.0 Å². The molecule has 24 heavy (non-hydrogen) atoms. The molecule has 3 aromatic rings. The van der Waals surface area contributed by atoms with Crippen LogP contribution < -0.4 is 5.32 Å². The molecule has 2 N–H and O–H groups in total. The Labute approximate surface area is 139 Å². The van der Waals surface area contributed by atoms with Crippen LogP contribution >= 0.6 is 0 Å². The maximum Gasteiger partial charge on any atom is 0.141 e. The van der Waals surface area contributed by atoms with Crippen molar-refractivity contribution in [1.29, 1.82) is 5.26 Å². The van der Waals surface area contributed by atoms with Gasteiger partial charge in [0.25, 0.3) is 0 Å². The van der Waals surface area contributed by atoms with E-state index in [1.165, 1.54) is 0 Å². The number of fused-ring (bicyclic) bond motifs is 1. The molecule has 1 radical (unpaired) electrons. The van der Waals surface area contributed by atoms with Crippen LogP contribution in [0.4, 0.5) is 0 Å². The maximum atomic E-state index is 9.21. The predicted molar refractivity (Wildman–Crippen MR) is 89.6 cm³/mol. The van der Waals surface area contributed by atoms with Gasteiger partial charge in [0, 0.05) is 35.9 Å². The first-order valence-corrected chi connectivity index (χ1v) is 8.02. The van der Waals surface area contributed by atoms with E-state index in [4.69, 9.17) is 0 Å². The Bertz CT molecular complexity index is 888. The molecule has 3 atom stereocenters. The van der Waals surface area contributed by atoms with E-state index < -0.39 is 0 Å². The molecule has 4 heterocycles. The monoisotopic (exact) mass is 320 g/mol. The van der Waals surface area contributed by atoms with Crippen molar-refractivity contribution in [3.05, 3.63) is 37.9 Å². The van der Waals surface area contributed by atoms with Gasteiger partial charge in [-0.15, -0.1) is 0 Å². The van der Waals surface area contributed by atoms with Crippen LogP contribution in [-0.2, 0) is 0 Å². The summed E-state index contributed by atoms with van der Waals surface area (Å²) in [4.78, 5) is 11.7. The maximum absolute atomic E-state index is 9.21. The van der Waals surface area contributed by atoms with Crippen molar-refractivity contribution >= 4 is 11.0 Å². The second-order valence-electron chi connectivity index (χ2n) is 6.20. The van der Waals surface area contributed by atoms with Gasteiger partial charge in [-0.25, -0.2) is 9.97 Å². The van der Waals surface area contributed by atoms with Gasteiger partial charge in [0.05, 0.1) is 30.4 Å². The van der Waals surface area contributed by atoms with Crippen molar-refractivity contribution in [2.75, 3.05) is 6.54 Å². The summed E-state index contributed by atoms with van der Waals surface area (Å²) >= 11 is 0. The fourth-order valence-electron chi connectivity index (χ4n) is 3.46. The van der Waals surface area contributed by atoms with Crippen LogP contribution in [0.5, 0.6) is 0 Å². The highest BCUT2D eigenvalue weighted by molar-refractivity contribution is 5.89. The van der Waals surface area contributed by atoms with E-state index in [1.54, 1.807) is 6.33 Å². The standard InChI is InChI=1S/C17H18N7/c1-11-6-12(7-20-11)15(2-4-18)24-9-13(8-23-24)16-14-3-5-19-17(14)22-10-21-16/h3,5,8-12,15,20H,1-2,6-7H2,(H,19,21,22). The van der Waals surface area contributed by atoms with E-state index in [2.05, 4.69) is 38.4 Å². The smallest absolute Gasteiger partial charge is 0.141 e. The minimum absolute atomic E-state index is 0.0477. The summed E-state index contributed by atoms with van der Waals surface area (Å²) in [6.45, 7) is 4.93. The highest BCUT2D eigenvalue weighted by atomic mass is 15.3. The Kier molecular flexibility index (Phi) is 3.75. The zero-order valence-corrected chi connectivity index (χ0v) is 13.2. The van der Waals surface area contributed by atoms with Crippen LogP contribution in [-0.4, -0.2) is 37.3 Å². The topological polar surface area (TPSA) is 95.2 Å². The molecule has 0 aromatic carbocycles. The lowest BCUT2D eigenvalue weighted by molar-refractivity contribution is 0.327. The average Bonchev–Trinajstić information content (AvgIpc) is 3.32. The van der Waals surface area contributed by atoms with Gasteiger partial charge in [-0.1, -0.05) is 0 Å². The third kappa shape index (κ3) is 2.55. The van der Waals surface area contributed by atoms with E-state index >= 15 is 0 Å². The van der Waals surface area contributed by atoms with Crippen LogP contribution in [0.25, 0.3) is 22.3 Å². The van der Waals surface area contributed by atoms with Gasteiger partial charge in [-0.05, 0) is 25.3 Å². The van der Waals surface area contributed by atoms with Crippen LogP contribution in [0.1, 0.15) is 18.9 Å². The predicted octanol–water partition coefficient (Wildman–Crippen LogP) is 2.09. The molecule has 7 heteroatoms. The zero-order valence-electron chi connectivity index (χ0n) is 13.2. The number of H-pyrrole nitrogens is 1. The molecule has 1 fully saturated rings. The highest BCUT2D eigenvalue weighted by Gasteiger charge is 2.30. The Morgan fingerprint density at radius 3 is 3.17 bits per heavy atom. The Balaban J connectivity index is 1.68. The summed E-state index contributed by atoms with van der Waals surface area (Å²) in [7, 11) is 0. The second kappa shape index (κ2) is 6.06. The van der Waals surface area contributed by atoms with Crippen LogP contribution in [0.15, 0.2) is 31.0 Å². The summed E-state index contributed by atoms with van der Waals surface area (Å²) in [5.74, 6) is 0.359. The van der Waals surface area contributed by atoms with Crippen molar-refractivity contribution in [3.63, 3.8) is 0 Å². The van der Waals surface area contributed by atoms with Crippen molar-refractivity contribution in [2.45, 2.75) is 24.9 Å². The number of aromatic nitrogens is 5. The summed E-state index contributed by atoms with van der Waals surface area (Å²) in [6, 6.07) is 4.55. The molecule has 0 saturated carbocycles. The van der Waals surface area contributed by atoms with Gasteiger partial charge in [0.15, 0.2) is 0 Å². The van der Waals surface area contributed by atoms with E-state index in [0.717, 1.165) is 35.3 Å². The largest absolute Gasteiger partial charge is 0.346 e. The van der Waals surface area contributed by atoms with Crippen molar-refractivity contribution in [3.8, 4) is 17.3 Å². The first kappa shape index (κ1) is 14.8. The van der Waals surface area contributed by atoms with Gasteiger partial charge in [0.2, 0.25) is 0 Å². The Hall–Kier alpha value is -2.72. The van der Waals surface area contributed by atoms with Crippen molar-refractivity contribution < 1.29 is 0 Å². The summed E-state index contributed by atoms with van der Waals surface area (Å²) in [5.41, 5.74) is 2.59. The van der Waals surface area contributed by atoms with Crippen LogP contribution in [0.2, 0.25) is 0 Å². The number of hydrogen-bond acceptors (Lipinski definition) is 5. The molecule has 7 nitrogen and oxygen atoms in total. The minimum Gasteiger partial charge on any atom is -0.346 e. The Morgan fingerprint density at radius 1 is 1.46 bits per heavy atom. The molecule has 1 saturated heterocycles. The number of aromatic amines is 1. The van der Waals surface area contributed by atoms with E-state index in [0.29, 0.717) is 12.3 Å². The van der Waals surface area contributed by atoms with E-state index in [1.807, 2.05) is 29.3 Å². The molecule has 121 valence electrons. The van der Waals surface area contributed by atoms with Gasteiger partial charge < -0.3 is 10.3 Å². The second-order valence-corrected chi connectivity index (χ2v) is 6.20. The molecular weight excluding hydrogens is 302 g/mol. The van der Waals surface area contributed by atoms with Gasteiger partial charge >= 0.3 is 0 Å². The normalized spacial score (nSPS) is 21.8.